The number of hydrogen-bond acceptors (Lipinski definition) is 6. The number of anilines is 1. The number of ether oxygens (including phenoxy) is 3. The minimum atomic E-state index is -0.264. The fourth-order valence-corrected chi connectivity index (χ4v) is 2.74. The standard InChI is InChI=1S/C20H21N3O4/c1-25-16-7-5-4-6-14(16)13-22-19-20(24)23(11-10-21-19)15-8-9-17(26-2)18(12-15)27-3/h4-12H,13H2,1-3H3,(H,21,22). The lowest BCUT2D eigenvalue weighted by Crippen LogP contribution is -2.23. The average Bonchev–Trinajstić information content (AvgIpc) is 2.72. The summed E-state index contributed by atoms with van der Waals surface area (Å²) < 4.78 is 17.4. The summed E-state index contributed by atoms with van der Waals surface area (Å²) in [5.41, 5.74) is 1.32. The molecule has 0 saturated heterocycles. The summed E-state index contributed by atoms with van der Waals surface area (Å²) in [5, 5.41) is 3.08. The second kappa shape index (κ2) is 8.27. The van der Waals surface area contributed by atoms with Gasteiger partial charge in [0.25, 0.3) is 5.56 Å². The lowest BCUT2D eigenvalue weighted by atomic mass is 10.2. The van der Waals surface area contributed by atoms with Gasteiger partial charge in [0.1, 0.15) is 5.75 Å². The van der Waals surface area contributed by atoms with Crippen molar-refractivity contribution in [1.82, 2.24) is 9.55 Å². The van der Waals surface area contributed by atoms with Crippen molar-refractivity contribution in [2.75, 3.05) is 26.6 Å². The van der Waals surface area contributed by atoms with E-state index < -0.39 is 0 Å². The number of para-hydroxylation sites is 1. The second-order valence-electron chi connectivity index (χ2n) is 5.66. The van der Waals surface area contributed by atoms with E-state index in [-0.39, 0.29) is 11.4 Å². The third kappa shape index (κ3) is 3.87. The Morgan fingerprint density at radius 1 is 0.963 bits per heavy atom. The van der Waals surface area contributed by atoms with Crippen LogP contribution in [0.4, 0.5) is 5.82 Å². The Bertz CT molecular complexity index is 985. The first kappa shape index (κ1) is 18.3. The zero-order valence-electron chi connectivity index (χ0n) is 15.4. The van der Waals surface area contributed by atoms with E-state index >= 15 is 0 Å². The van der Waals surface area contributed by atoms with Crippen LogP contribution in [-0.2, 0) is 6.54 Å². The molecule has 3 aromatic rings. The summed E-state index contributed by atoms with van der Waals surface area (Å²) >= 11 is 0. The summed E-state index contributed by atoms with van der Waals surface area (Å²) in [4.78, 5) is 17.0. The maximum Gasteiger partial charge on any atom is 0.297 e. The molecule has 1 N–H and O–H groups in total. The first-order valence-corrected chi connectivity index (χ1v) is 8.33. The van der Waals surface area contributed by atoms with Crippen molar-refractivity contribution in [3.05, 3.63) is 70.8 Å². The molecule has 7 nitrogen and oxygen atoms in total. The Hall–Kier alpha value is -3.48. The van der Waals surface area contributed by atoms with E-state index in [1.807, 2.05) is 24.3 Å². The zero-order valence-corrected chi connectivity index (χ0v) is 15.4. The van der Waals surface area contributed by atoms with E-state index in [0.29, 0.717) is 23.7 Å². The molecule has 0 fully saturated rings. The Morgan fingerprint density at radius 2 is 1.70 bits per heavy atom. The van der Waals surface area contributed by atoms with E-state index in [1.165, 1.54) is 4.57 Å². The van der Waals surface area contributed by atoms with Gasteiger partial charge in [-0.25, -0.2) is 4.98 Å². The van der Waals surface area contributed by atoms with Crippen molar-refractivity contribution in [2.45, 2.75) is 6.54 Å². The Balaban J connectivity index is 1.89. The fraction of sp³-hybridized carbons (Fsp3) is 0.200. The quantitative estimate of drug-likeness (QED) is 0.692. The molecule has 0 unspecified atom stereocenters. The fourth-order valence-electron chi connectivity index (χ4n) is 2.74. The third-order valence-corrected chi connectivity index (χ3v) is 4.12. The number of hydrogen-bond donors (Lipinski definition) is 1. The van der Waals surface area contributed by atoms with E-state index in [4.69, 9.17) is 14.2 Å². The van der Waals surface area contributed by atoms with Crippen molar-refractivity contribution in [1.29, 1.82) is 0 Å². The molecule has 140 valence electrons. The lowest BCUT2D eigenvalue weighted by Gasteiger charge is -2.13. The van der Waals surface area contributed by atoms with E-state index in [9.17, 15) is 4.79 Å². The highest BCUT2D eigenvalue weighted by Crippen LogP contribution is 2.28. The van der Waals surface area contributed by atoms with Crippen molar-refractivity contribution in [3.63, 3.8) is 0 Å². The van der Waals surface area contributed by atoms with Gasteiger partial charge in [0, 0.05) is 30.6 Å². The summed E-state index contributed by atoms with van der Waals surface area (Å²) in [7, 11) is 4.73. The first-order chi connectivity index (χ1) is 13.2. The second-order valence-corrected chi connectivity index (χ2v) is 5.66. The molecule has 7 heteroatoms. The lowest BCUT2D eigenvalue weighted by molar-refractivity contribution is 0.355. The molecule has 0 aliphatic carbocycles. The van der Waals surface area contributed by atoms with Gasteiger partial charge in [-0.1, -0.05) is 18.2 Å². The van der Waals surface area contributed by atoms with Crippen molar-refractivity contribution < 1.29 is 14.2 Å². The molecule has 0 aliphatic rings. The van der Waals surface area contributed by atoms with Crippen LogP contribution in [0.1, 0.15) is 5.56 Å². The predicted octanol–water partition coefficient (Wildman–Crippen LogP) is 2.87. The molecular weight excluding hydrogens is 346 g/mol. The van der Waals surface area contributed by atoms with Crippen LogP contribution in [0.2, 0.25) is 0 Å². The van der Waals surface area contributed by atoms with Gasteiger partial charge in [-0.2, -0.15) is 0 Å². The predicted molar refractivity (Wildman–Crippen MR) is 103 cm³/mol. The average molecular weight is 367 g/mol. The van der Waals surface area contributed by atoms with Crippen LogP contribution in [0.15, 0.2) is 59.7 Å². The van der Waals surface area contributed by atoms with Gasteiger partial charge in [0.2, 0.25) is 0 Å². The van der Waals surface area contributed by atoms with Gasteiger partial charge >= 0.3 is 0 Å². The van der Waals surface area contributed by atoms with Crippen LogP contribution in [-0.4, -0.2) is 30.9 Å². The highest BCUT2D eigenvalue weighted by molar-refractivity contribution is 5.50. The monoisotopic (exact) mass is 367 g/mol. The van der Waals surface area contributed by atoms with Crippen molar-refractivity contribution in [2.24, 2.45) is 0 Å². The topological polar surface area (TPSA) is 74.6 Å². The maximum atomic E-state index is 12.8. The highest BCUT2D eigenvalue weighted by atomic mass is 16.5. The minimum Gasteiger partial charge on any atom is -0.496 e. The number of rotatable bonds is 7. The summed E-state index contributed by atoms with van der Waals surface area (Å²) in [6, 6.07) is 12.9. The third-order valence-electron chi connectivity index (χ3n) is 4.12. The zero-order chi connectivity index (χ0) is 19.2. The van der Waals surface area contributed by atoms with Gasteiger partial charge in [-0.05, 0) is 18.2 Å². The number of benzene rings is 2. The van der Waals surface area contributed by atoms with E-state index in [0.717, 1.165) is 11.3 Å². The summed E-state index contributed by atoms with van der Waals surface area (Å²) in [5.74, 6) is 2.14. The van der Waals surface area contributed by atoms with Crippen LogP contribution >= 0.6 is 0 Å². The van der Waals surface area contributed by atoms with Gasteiger partial charge in [-0.15, -0.1) is 0 Å². The number of nitrogens with zero attached hydrogens (tertiary/aromatic N) is 2. The van der Waals surface area contributed by atoms with Crippen LogP contribution < -0.4 is 25.1 Å². The number of nitrogens with one attached hydrogen (secondary N) is 1. The SMILES string of the molecule is COc1ccccc1CNc1nccn(-c2ccc(OC)c(OC)c2)c1=O. The molecule has 27 heavy (non-hydrogen) atoms. The summed E-state index contributed by atoms with van der Waals surface area (Å²) in [6.07, 6.45) is 3.18. The molecule has 2 aromatic carbocycles. The number of aromatic nitrogens is 2. The molecule has 1 heterocycles. The number of methoxy groups -OCH3 is 3. The molecule has 0 saturated carbocycles. The molecule has 0 bridgehead atoms. The largest absolute Gasteiger partial charge is 0.496 e. The van der Waals surface area contributed by atoms with Gasteiger partial charge in [-0.3, -0.25) is 9.36 Å². The van der Waals surface area contributed by atoms with Crippen LogP contribution in [0.25, 0.3) is 5.69 Å². The highest BCUT2D eigenvalue weighted by Gasteiger charge is 2.11. The molecule has 0 atom stereocenters. The van der Waals surface area contributed by atoms with Crippen LogP contribution in [0.5, 0.6) is 17.2 Å². The molecule has 0 aliphatic heterocycles. The Labute approximate surface area is 157 Å². The smallest absolute Gasteiger partial charge is 0.297 e. The molecule has 1 aromatic heterocycles. The molecular formula is C20H21N3O4. The van der Waals surface area contributed by atoms with E-state index in [1.54, 1.807) is 51.9 Å². The van der Waals surface area contributed by atoms with Crippen molar-refractivity contribution in [3.8, 4) is 22.9 Å². The molecule has 3 rings (SSSR count). The minimum absolute atomic E-state index is 0.248. The first-order valence-electron chi connectivity index (χ1n) is 8.33. The van der Waals surface area contributed by atoms with E-state index in [2.05, 4.69) is 10.3 Å². The molecule has 0 amide bonds. The van der Waals surface area contributed by atoms with Gasteiger partial charge < -0.3 is 19.5 Å². The van der Waals surface area contributed by atoms with Gasteiger partial charge in [0.15, 0.2) is 17.3 Å². The normalized spacial score (nSPS) is 10.3. The Kier molecular flexibility index (Phi) is 5.61. The van der Waals surface area contributed by atoms with Gasteiger partial charge in [0.05, 0.1) is 27.0 Å². The summed E-state index contributed by atoms with van der Waals surface area (Å²) in [6.45, 7) is 0.419. The maximum absolute atomic E-state index is 12.8. The molecule has 0 spiro atoms. The van der Waals surface area contributed by atoms with Crippen LogP contribution in [0, 0.1) is 0 Å². The Morgan fingerprint density at radius 3 is 2.44 bits per heavy atom. The van der Waals surface area contributed by atoms with Crippen molar-refractivity contribution >= 4 is 5.82 Å². The molecule has 0 radical (unpaired) electrons. The van der Waals surface area contributed by atoms with Crippen LogP contribution in [0.3, 0.4) is 0 Å².